The molecule has 1 aromatic rings. The molecule has 0 aliphatic carbocycles. The van der Waals surface area contributed by atoms with Crippen molar-refractivity contribution in [2.24, 2.45) is 0 Å². The van der Waals surface area contributed by atoms with E-state index in [-0.39, 0.29) is 24.2 Å². The summed E-state index contributed by atoms with van der Waals surface area (Å²) in [6.07, 6.45) is 0.324. The predicted octanol–water partition coefficient (Wildman–Crippen LogP) is 3.02. The van der Waals surface area contributed by atoms with E-state index in [1.165, 1.54) is 16.7 Å². The molecule has 2 amide bonds. The third kappa shape index (κ3) is 6.06. The summed E-state index contributed by atoms with van der Waals surface area (Å²) in [6.45, 7) is 2.09. The molecule has 1 rings (SSSR count). The molecule has 0 bridgehead atoms. The molecule has 1 aromatic carbocycles. The smallest absolute Gasteiger partial charge is 0.321 e. The van der Waals surface area contributed by atoms with Crippen LogP contribution in [0.3, 0.4) is 0 Å². The second-order valence-electron chi connectivity index (χ2n) is 4.78. The van der Waals surface area contributed by atoms with Crippen molar-refractivity contribution >= 4 is 29.4 Å². The van der Waals surface area contributed by atoms with Crippen LogP contribution in [0.1, 0.15) is 19.8 Å². The molecule has 0 spiro atoms. The van der Waals surface area contributed by atoms with Gasteiger partial charge >= 0.3 is 12.0 Å². The summed E-state index contributed by atoms with van der Waals surface area (Å²) in [6, 6.07) is 9.10. The van der Waals surface area contributed by atoms with Gasteiger partial charge < -0.3 is 15.3 Å². The molecule has 1 atom stereocenters. The van der Waals surface area contributed by atoms with Crippen molar-refractivity contribution in [1.29, 1.82) is 5.26 Å². The van der Waals surface area contributed by atoms with Crippen LogP contribution in [-0.2, 0) is 4.79 Å². The number of rotatable bonds is 7. The van der Waals surface area contributed by atoms with Crippen LogP contribution in [0.5, 0.6) is 0 Å². The fourth-order valence-corrected chi connectivity index (χ4v) is 2.63. The molecule has 0 aliphatic rings. The fraction of sp³-hybridized carbons (Fsp3) is 0.400. The van der Waals surface area contributed by atoms with Crippen LogP contribution in [0.2, 0.25) is 0 Å². The first-order valence-electron chi connectivity index (χ1n) is 6.80. The number of anilines is 1. The Morgan fingerprint density at radius 1 is 1.45 bits per heavy atom. The number of nitrogens with one attached hydrogen (secondary N) is 1. The second-order valence-corrected chi connectivity index (χ2v) is 6.26. The van der Waals surface area contributed by atoms with Gasteiger partial charge in [0.2, 0.25) is 0 Å². The zero-order valence-corrected chi connectivity index (χ0v) is 13.4. The van der Waals surface area contributed by atoms with Gasteiger partial charge in [0.1, 0.15) is 0 Å². The molecule has 6 nitrogen and oxygen atoms in total. The Kier molecular flexibility index (Phi) is 7.26. The number of aliphatic carboxylic acids is 1. The highest BCUT2D eigenvalue weighted by molar-refractivity contribution is 8.00. The van der Waals surface area contributed by atoms with Gasteiger partial charge in [0.15, 0.2) is 0 Å². The summed E-state index contributed by atoms with van der Waals surface area (Å²) in [5.41, 5.74) is 0.657. The van der Waals surface area contributed by atoms with Gasteiger partial charge in [-0.3, -0.25) is 4.79 Å². The van der Waals surface area contributed by atoms with Crippen LogP contribution >= 0.6 is 11.8 Å². The summed E-state index contributed by atoms with van der Waals surface area (Å²) in [5, 5.41) is 20.2. The third-order valence-corrected chi connectivity index (χ3v) is 4.02. The summed E-state index contributed by atoms with van der Waals surface area (Å²) in [5.74, 6) is -0.944. The van der Waals surface area contributed by atoms with Gasteiger partial charge in [0.25, 0.3) is 0 Å². The lowest BCUT2D eigenvalue weighted by Crippen LogP contribution is -2.33. The molecule has 118 valence electrons. The number of carboxylic acid groups (broad SMARTS) is 1. The molecular weight excluding hydrogens is 302 g/mol. The van der Waals surface area contributed by atoms with E-state index in [4.69, 9.17) is 10.4 Å². The molecule has 2 N–H and O–H groups in total. The average molecular weight is 321 g/mol. The number of nitrogens with zero attached hydrogens (tertiary/aromatic N) is 2. The number of carboxylic acids is 1. The van der Waals surface area contributed by atoms with Gasteiger partial charge in [-0.1, -0.05) is 19.1 Å². The molecule has 0 aliphatic heterocycles. The zero-order chi connectivity index (χ0) is 16.5. The minimum absolute atomic E-state index is 0.0977. The molecule has 0 saturated heterocycles. The van der Waals surface area contributed by atoms with Crippen molar-refractivity contribution in [3.63, 3.8) is 0 Å². The van der Waals surface area contributed by atoms with Gasteiger partial charge in [0, 0.05) is 30.2 Å². The van der Waals surface area contributed by atoms with E-state index >= 15 is 0 Å². The molecule has 1 unspecified atom stereocenters. The Bertz CT molecular complexity index is 571. The van der Waals surface area contributed by atoms with Gasteiger partial charge in [0.05, 0.1) is 18.2 Å². The van der Waals surface area contributed by atoms with Crippen molar-refractivity contribution in [1.82, 2.24) is 4.90 Å². The summed E-state index contributed by atoms with van der Waals surface area (Å²) < 4.78 is 0. The van der Waals surface area contributed by atoms with Gasteiger partial charge in [-0.05, 0) is 12.1 Å². The molecule has 0 heterocycles. The van der Waals surface area contributed by atoms with E-state index in [1.807, 2.05) is 25.1 Å². The van der Waals surface area contributed by atoms with Crippen molar-refractivity contribution in [2.75, 3.05) is 18.9 Å². The standard InChI is InChI=1S/C15H19N3O3S/c1-11(7-9-16)22-13-6-4-3-5-12(13)17-15(21)18(2)10-8-14(19)20/h3-6,11H,7-8,10H2,1-2H3,(H,17,21)(H,19,20). The molecule has 22 heavy (non-hydrogen) atoms. The highest BCUT2D eigenvalue weighted by Crippen LogP contribution is 2.31. The highest BCUT2D eigenvalue weighted by atomic mass is 32.2. The number of nitriles is 1. The zero-order valence-electron chi connectivity index (χ0n) is 12.6. The first-order chi connectivity index (χ1) is 10.4. The van der Waals surface area contributed by atoms with E-state index in [0.717, 1.165) is 4.90 Å². The number of benzene rings is 1. The minimum Gasteiger partial charge on any atom is -0.481 e. The van der Waals surface area contributed by atoms with E-state index < -0.39 is 5.97 Å². The number of urea groups is 1. The van der Waals surface area contributed by atoms with Crippen LogP contribution in [0.4, 0.5) is 10.5 Å². The molecule has 0 aromatic heterocycles. The Hall–Kier alpha value is -2.20. The SMILES string of the molecule is CC(CC#N)Sc1ccccc1NC(=O)N(C)CCC(=O)O. The van der Waals surface area contributed by atoms with Gasteiger partial charge in [-0.2, -0.15) is 5.26 Å². The number of hydrogen-bond acceptors (Lipinski definition) is 4. The molecule has 0 fully saturated rings. The number of amides is 2. The summed E-state index contributed by atoms with van der Waals surface area (Å²) in [7, 11) is 1.55. The number of para-hydroxylation sites is 1. The van der Waals surface area contributed by atoms with Crippen molar-refractivity contribution in [3.05, 3.63) is 24.3 Å². The van der Waals surface area contributed by atoms with Crippen molar-refractivity contribution < 1.29 is 14.7 Å². The highest BCUT2D eigenvalue weighted by Gasteiger charge is 2.13. The van der Waals surface area contributed by atoms with E-state index in [0.29, 0.717) is 12.1 Å². The number of carbonyl (C=O) groups excluding carboxylic acids is 1. The maximum absolute atomic E-state index is 12.0. The van der Waals surface area contributed by atoms with Gasteiger partial charge in [-0.25, -0.2) is 4.79 Å². The Morgan fingerprint density at radius 2 is 2.14 bits per heavy atom. The summed E-state index contributed by atoms with van der Waals surface area (Å²) >= 11 is 1.52. The first kappa shape index (κ1) is 17.9. The predicted molar refractivity (Wildman–Crippen MR) is 85.9 cm³/mol. The van der Waals surface area contributed by atoms with E-state index in [1.54, 1.807) is 13.1 Å². The lowest BCUT2D eigenvalue weighted by molar-refractivity contribution is -0.137. The van der Waals surface area contributed by atoms with Crippen molar-refractivity contribution in [3.8, 4) is 6.07 Å². The van der Waals surface area contributed by atoms with Crippen molar-refractivity contribution in [2.45, 2.75) is 29.9 Å². The number of thioether (sulfide) groups is 1. The summed E-state index contributed by atoms with van der Waals surface area (Å²) in [4.78, 5) is 24.8. The second kappa shape index (κ2) is 8.95. The molecule has 7 heteroatoms. The van der Waals surface area contributed by atoms with Crippen LogP contribution in [-0.4, -0.2) is 40.8 Å². The normalized spacial score (nSPS) is 11.3. The van der Waals surface area contributed by atoms with Crippen LogP contribution < -0.4 is 5.32 Å². The molecule has 0 saturated carbocycles. The van der Waals surface area contributed by atoms with Crippen LogP contribution in [0.15, 0.2) is 29.2 Å². The monoisotopic (exact) mass is 321 g/mol. The molecular formula is C15H19N3O3S. The fourth-order valence-electron chi connectivity index (χ4n) is 1.64. The quantitative estimate of drug-likeness (QED) is 0.753. The van der Waals surface area contributed by atoms with E-state index in [2.05, 4.69) is 11.4 Å². The number of hydrogen-bond donors (Lipinski definition) is 2. The first-order valence-corrected chi connectivity index (χ1v) is 7.68. The lowest BCUT2D eigenvalue weighted by atomic mass is 10.3. The van der Waals surface area contributed by atoms with Crippen LogP contribution in [0.25, 0.3) is 0 Å². The Balaban J connectivity index is 2.70. The lowest BCUT2D eigenvalue weighted by Gasteiger charge is -2.19. The Labute approximate surface area is 134 Å². The van der Waals surface area contributed by atoms with Gasteiger partial charge in [-0.15, -0.1) is 11.8 Å². The average Bonchev–Trinajstić information content (AvgIpc) is 2.46. The maximum atomic E-state index is 12.0. The minimum atomic E-state index is -0.944. The largest absolute Gasteiger partial charge is 0.481 e. The maximum Gasteiger partial charge on any atom is 0.321 e. The third-order valence-electron chi connectivity index (χ3n) is 2.84. The van der Waals surface area contributed by atoms with E-state index in [9.17, 15) is 9.59 Å². The Morgan fingerprint density at radius 3 is 2.77 bits per heavy atom. The van der Waals surface area contributed by atoms with Crippen LogP contribution in [0, 0.1) is 11.3 Å². The molecule has 0 radical (unpaired) electrons. The number of carbonyl (C=O) groups is 2. The topological polar surface area (TPSA) is 93.4 Å².